The van der Waals surface area contributed by atoms with Gasteiger partial charge in [-0.15, -0.1) is 0 Å². The van der Waals surface area contributed by atoms with Crippen molar-refractivity contribution in [2.45, 2.75) is 20.3 Å². The lowest BCUT2D eigenvalue weighted by molar-refractivity contribution is -0.133. The molecule has 0 fully saturated rings. The Labute approximate surface area is 101 Å². The summed E-state index contributed by atoms with van der Waals surface area (Å²) in [5, 5.41) is 9.02. The van der Waals surface area contributed by atoms with Gasteiger partial charge in [-0.3, -0.25) is 0 Å². The zero-order valence-electron chi connectivity index (χ0n) is 10.2. The van der Waals surface area contributed by atoms with Crippen molar-refractivity contribution in [2.75, 3.05) is 0 Å². The molecule has 0 heterocycles. The smallest absolute Gasteiger partial charge is 0.331 e. The first-order chi connectivity index (χ1) is 8.00. The minimum atomic E-state index is -0.912. The van der Waals surface area contributed by atoms with Gasteiger partial charge in [0.05, 0.1) is 0 Å². The monoisotopic (exact) mass is 228 g/mol. The molecular weight excluding hydrogens is 212 g/mol. The Balaban J connectivity index is 2.42. The largest absolute Gasteiger partial charge is 0.478 e. The van der Waals surface area contributed by atoms with Crippen molar-refractivity contribution in [1.82, 2.24) is 0 Å². The van der Waals surface area contributed by atoms with Gasteiger partial charge in [0.2, 0.25) is 0 Å². The van der Waals surface area contributed by atoms with E-state index >= 15 is 0 Å². The number of allylic oxidation sites excluding steroid dienone is 8. The molecule has 1 unspecified atom stereocenters. The van der Waals surface area contributed by atoms with Crippen LogP contribution >= 0.6 is 0 Å². The lowest BCUT2D eigenvalue weighted by Gasteiger charge is -2.11. The molecule has 0 spiro atoms. The topological polar surface area (TPSA) is 37.3 Å². The molecule has 88 valence electrons. The van der Waals surface area contributed by atoms with Crippen molar-refractivity contribution < 1.29 is 9.90 Å². The molecule has 0 saturated carbocycles. The van der Waals surface area contributed by atoms with Crippen molar-refractivity contribution in [2.24, 2.45) is 5.92 Å². The van der Waals surface area contributed by atoms with Gasteiger partial charge in [-0.1, -0.05) is 30.9 Å². The van der Waals surface area contributed by atoms with Gasteiger partial charge in [0.15, 0.2) is 0 Å². The highest BCUT2D eigenvalue weighted by Gasteiger charge is 2.22. The maximum atomic E-state index is 11.0. The Hall–Kier alpha value is -1.83. The van der Waals surface area contributed by atoms with E-state index < -0.39 is 5.97 Å². The highest BCUT2D eigenvalue weighted by Crippen LogP contribution is 2.36. The normalized spacial score (nSPS) is 22.8. The molecule has 17 heavy (non-hydrogen) atoms. The predicted octanol–water partition coefficient (Wildman–Crippen LogP) is 3.41. The Morgan fingerprint density at radius 3 is 2.65 bits per heavy atom. The van der Waals surface area contributed by atoms with E-state index in [1.54, 1.807) is 0 Å². The standard InChI is InChI=1S/C15H16O2/c1-9-4-6-12(11(3)15(16)17)8-14-10(2)5-7-13(9)14/h4-5,7-8,12H,3,6H2,1-2H3,(H,16,17). The number of rotatable bonds is 2. The van der Waals surface area contributed by atoms with Crippen LogP contribution in [0.4, 0.5) is 0 Å². The third-order valence-corrected chi connectivity index (χ3v) is 3.41. The van der Waals surface area contributed by atoms with Gasteiger partial charge in [0.25, 0.3) is 0 Å². The zero-order chi connectivity index (χ0) is 12.6. The first-order valence-electron chi connectivity index (χ1n) is 5.71. The Bertz CT molecular complexity index is 513. The van der Waals surface area contributed by atoms with E-state index in [2.05, 4.69) is 38.7 Å². The van der Waals surface area contributed by atoms with Gasteiger partial charge in [0, 0.05) is 11.5 Å². The van der Waals surface area contributed by atoms with Gasteiger partial charge >= 0.3 is 5.97 Å². The van der Waals surface area contributed by atoms with E-state index in [9.17, 15) is 4.79 Å². The first-order valence-corrected chi connectivity index (χ1v) is 5.71. The average molecular weight is 228 g/mol. The minimum Gasteiger partial charge on any atom is -0.478 e. The average Bonchev–Trinajstić information content (AvgIpc) is 2.55. The highest BCUT2D eigenvalue weighted by atomic mass is 16.4. The Kier molecular flexibility index (Phi) is 2.88. The van der Waals surface area contributed by atoms with Gasteiger partial charge in [0.1, 0.15) is 0 Å². The zero-order valence-corrected chi connectivity index (χ0v) is 10.2. The van der Waals surface area contributed by atoms with E-state index in [-0.39, 0.29) is 11.5 Å². The molecular formula is C15H16O2. The molecule has 0 aliphatic heterocycles. The van der Waals surface area contributed by atoms with E-state index in [0.29, 0.717) is 6.42 Å². The van der Waals surface area contributed by atoms with Crippen LogP contribution in [-0.2, 0) is 4.79 Å². The van der Waals surface area contributed by atoms with E-state index in [1.807, 2.05) is 6.08 Å². The molecule has 0 aromatic heterocycles. The number of carboxylic acid groups (broad SMARTS) is 1. The summed E-state index contributed by atoms with van der Waals surface area (Å²) in [6, 6.07) is 0. The fourth-order valence-corrected chi connectivity index (χ4v) is 2.25. The second-order valence-electron chi connectivity index (χ2n) is 4.57. The molecule has 0 saturated heterocycles. The molecule has 0 aromatic rings. The summed E-state index contributed by atoms with van der Waals surface area (Å²) in [5.41, 5.74) is 5.04. The van der Waals surface area contributed by atoms with Crippen LogP contribution in [0.15, 0.2) is 58.7 Å². The van der Waals surface area contributed by atoms with Crippen molar-refractivity contribution in [3.05, 3.63) is 58.7 Å². The predicted molar refractivity (Wildman–Crippen MR) is 68.6 cm³/mol. The summed E-state index contributed by atoms with van der Waals surface area (Å²) in [4.78, 5) is 11.0. The van der Waals surface area contributed by atoms with Gasteiger partial charge in [-0.2, -0.15) is 0 Å². The van der Waals surface area contributed by atoms with Crippen LogP contribution in [0.2, 0.25) is 0 Å². The van der Waals surface area contributed by atoms with Crippen LogP contribution in [0.25, 0.3) is 0 Å². The summed E-state index contributed by atoms with van der Waals surface area (Å²) in [6.45, 7) is 7.79. The summed E-state index contributed by atoms with van der Waals surface area (Å²) in [6.07, 6.45) is 9.02. The third-order valence-electron chi connectivity index (χ3n) is 3.41. The summed E-state index contributed by atoms with van der Waals surface area (Å²) in [5.74, 6) is -1.02. The lowest BCUT2D eigenvalue weighted by atomic mass is 9.93. The van der Waals surface area contributed by atoms with Crippen LogP contribution in [0, 0.1) is 5.92 Å². The summed E-state index contributed by atoms with van der Waals surface area (Å²) in [7, 11) is 0. The van der Waals surface area contributed by atoms with Crippen molar-refractivity contribution in [3.63, 3.8) is 0 Å². The molecule has 0 radical (unpaired) electrons. The maximum Gasteiger partial charge on any atom is 0.331 e. The number of carbonyl (C=O) groups is 1. The minimum absolute atomic E-state index is 0.107. The molecule has 2 aliphatic rings. The van der Waals surface area contributed by atoms with Crippen molar-refractivity contribution >= 4 is 5.97 Å². The van der Waals surface area contributed by atoms with E-state index in [4.69, 9.17) is 5.11 Å². The van der Waals surface area contributed by atoms with Crippen LogP contribution < -0.4 is 0 Å². The first kappa shape index (κ1) is 11.6. The fourth-order valence-electron chi connectivity index (χ4n) is 2.25. The number of hydrogen-bond donors (Lipinski definition) is 1. The molecule has 0 aromatic carbocycles. The van der Waals surface area contributed by atoms with E-state index in [1.165, 1.54) is 16.7 Å². The van der Waals surface area contributed by atoms with Gasteiger partial charge < -0.3 is 5.11 Å². The van der Waals surface area contributed by atoms with Crippen molar-refractivity contribution in [3.8, 4) is 0 Å². The maximum absolute atomic E-state index is 11.0. The second-order valence-corrected chi connectivity index (χ2v) is 4.57. The summed E-state index contributed by atoms with van der Waals surface area (Å²) >= 11 is 0. The quantitative estimate of drug-likeness (QED) is 0.735. The molecule has 0 amide bonds. The number of fused-ring (bicyclic) bond motifs is 1. The molecule has 1 atom stereocenters. The number of aliphatic carboxylic acids is 1. The summed E-state index contributed by atoms with van der Waals surface area (Å²) < 4.78 is 0. The number of hydrogen-bond acceptors (Lipinski definition) is 1. The molecule has 2 aliphatic carbocycles. The molecule has 0 bridgehead atoms. The van der Waals surface area contributed by atoms with Crippen LogP contribution in [0.1, 0.15) is 20.3 Å². The Morgan fingerprint density at radius 1 is 1.29 bits per heavy atom. The lowest BCUT2D eigenvalue weighted by Crippen LogP contribution is -2.09. The third kappa shape index (κ3) is 2.03. The molecule has 1 N–H and O–H groups in total. The van der Waals surface area contributed by atoms with E-state index in [0.717, 1.165) is 5.57 Å². The van der Waals surface area contributed by atoms with Crippen LogP contribution in [0.5, 0.6) is 0 Å². The molecule has 2 rings (SSSR count). The second kappa shape index (κ2) is 4.21. The molecule has 2 heteroatoms. The SMILES string of the molecule is C=C(C(=O)O)C1C=C2C(C)=CC=C2C(C)=CC1. The van der Waals surface area contributed by atoms with Gasteiger partial charge in [-0.05, 0) is 42.6 Å². The molecule has 2 nitrogen and oxygen atoms in total. The fraction of sp³-hybridized carbons (Fsp3) is 0.267. The van der Waals surface area contributed by atoms with Crippen LogP contribution in [0.3, 0.4) is 0 Å². The van der Waals surface area contributed by atoms with Crippen LogP contribution in [-0.4, -0.2) is 11.1 Å². The number of carboxylic acids is 1. The van der Waals surface area contributed by atoms with Crippen molar-refractivity contribution in [1.29, 1.82) is 0 Å². The van der Waals surface area contributed by atoms with Gasteiger partial charge in [-0.25, -0.2) is 4.79 Å². The Morgan fingerprint density at radius 2 is 2.00 bits per heavy atom. The highest BCUT2D eigenvalue weighted by molar-refractivity contribution is 5.87.